The monoisotopic (exact) mass is 626 g/mol. The lowest BCUT2D eigenvalue weighted by atomic mass is 10.1. The summed E-state index contributed by atoms with van der Waals surface area (Å²) in [5, 5.41) is 18.4. The molecule has 0 aliphatic carbocycles. The van der Waals surface area contributed by atoms with Crippen molar-refractivity contribution in [3.05, 3.63) is 90.0 Å². The van der Waals surface area contributed by atoms with Crippen LogP contribution >= 0.6 is 11.8 Å². The second kappa shape index (κ2) is 13.4. The van der Waals surface area contributed by atoms with Crippen molar-refractivity contribution >= 4 is 34.2 Å². The minimum absolute atomic E-state index is 0.149. The number of amides is 1. The molecule has 4 aromatic rings. The summed E-state index contributed by atoms with van der Waals surface area (Å²) in [6.45, 7) is 4.24. The molecule has 1 amide bonds. The number of alkyl halides is 3. The van der Waals surface area contributed by atoms with Gasteiger partial charge in [-0.3, -0.25) is 9.69 Å². The molecular weight excluding hydrogens is 597 g/mol. The molecule has 14 heteroatoms. The Labute approximate surface area is 255 Å². The normalized spacial score (nSPS) is 15.1. The number of thioether (sulfide) groups is 1. The van der Waals surface area contributed by atoms with E-state index in [-0.39, 0.29) is 17.4 Å². The van der Waals surface area contributed by atoms with E-state index in [1.807, 2.05) is 56.3 Å². The zero-order valence-corrected chi connectivity index (χ0v) is 24.6. The van der Waals surface area contributed by atoms with E-state index in [2.05, 4.69) is 25.1 Å². The SMILES string of the molecule is CCOc1ccc(C)cc1N1C(=O)CSC1=NC(O)Nc1ccc(CCc2ncn(-c3ccc(OC(F)(F)F)cc3)n2)cc1. The molecule has 1 aromatic heterocycles. The van der Waals surface area contributed by atoms with Gasteiger partial charge in [0.1, 0.15) is 17.8 Å². The molecule has 1 atom stereocenters. The second-order valence-corrected chi connectivity index (χ2v) is 10.6. The van der Waals surface area contributed by atoms with Gasteiger partial charge in [0, 0.05) is 12.1 Å². The van der Waals surface area contributed by atoms with Crippen molar-refractivity contribution in [2.45, 2.75) is 39.4 Å². The van der Waals surface area contributed by atoms with Gasteiger partial charge in [-0.2, -0.15) is 5.10 Å². The van der Waals surface area contributed by atoms with Crippen molar-refractivity contribution in [2.24, 2.45) is 4.99 Å². The van der Waals surface area contributed by atoms with Crippen molar-refractivity contribution in [3.63, 3.8) is 0 Å². The van der Waals surface area contributed by atoms with Gasteiger partial charge in [-0.05, 0) is 79.9 Å². The van der Waals surface area contributed by atoms with Crippen LogP contribution in [0.25, 0.3) is 5.69 Å². The number of carbonyl (C=O) groups is 1. The predicted octanol–water partition coefficient (Wildman–Crippen LogP) is 5.48. The Morgan fingerprint density at radius 3 is 2.55 bits per heavy atom. The number of ether oxygens (including phenoxy) is 2. The predicted molar refractivity (Wildman–Crippen MR) is 161 cm³/mol. The first-order valence-corrected chi connectivity index (χ1v) is 14.6. The van der Waals surface area contributed by atoms with Crippen molar-refractivity contribution in [3.8, 4) is 17.2 Å². The second-order valence-electron chi connectivity index (χ2n) is 9.70. The number of aliphatic imine (C=N–C) groups is 1. The van der Waals surface area contributed by atoms with Crippen LogP contribution < -0.4 is 19.7 Å². The Morgan fingerprint density at radius 2 is 1.84 bits per heavy atom. The molecule has 230 valence electrons. The van der Waals surface area contributed by atoms with Crippen LogP contribution in [0, 0.1) is 6.92 Å². The maximum absolute atomic E-state index is 12.7. The summed E-state index contributed by atoms with van der Waals surface area (Å²) in [5.41, 5.74) is 3.74. The number of anilines is 2. The van der Waals surface area contributed by atoms with Crippen LogP contribution in [-0.4, -0.2) is 56.0 Å². The topological polar surface area (TPSA) is 114 Å². The maximum atomic E-state index is 12.7. The lowest BCUT2D eigenvalue weighted by molar-refractivity contribution is -0.274. The lowest BCUT2D eigenvalue weighted by Crippen LogP contribution is -2.31. The van der Waals surface area contributed by atoms with Crippen LogP contribution in [0.2, 0.25) is 0 Å². The van der Waals surface area contributed by atoms with Gasteiger partial charge in [0.2, 0.25) is 12.3 Å². The summed E-state index contributed by atoms with van der Waals surface area (Å²) in [4.78, 5) is 22.9. The average molecular weight is 627 g/mol. The first-order valence-electron chi connectivity index (χ1n) is 13.7. The molecule has 0 saturated carbocycles. The van der Waals surface area contributed by atoms with Crippen LogP contribution in [0.3, 0.4) is 0 Å². The van der Waals surface area contributed by atoms with Crippen LogP contribution in [0.1, 0.15) is 23.9 Å². The zero-order chi connectivity index (χ0) is 31.3. The highest BCUT2D eigenvalue weighted by molar-refractivity contribution is 8.15. The molecule has 1 unspecified atom stereocenters. The van der Waals surface area contributed by atoms with E-state index in [4.69, 9.17) is 4.74 Å². The first kappa shape index (κ1) is 30.9. The molecule has 10 nitrogen and oxygen atoms in total. The quantitative estimate of drug-likeness (QED) is 0.211. The Kier molecular flexibility index (Phi) is 9.40. The Hall–Kier alpha value is -4.56. The van der Waals surface area contributed by atoms with E-state index in [0.717, 1.165) is 11.1 Å². The molecular formula is C30H29F3N6O4S. The number of aryl methyl sites for hydroxylation is 3. The van der Waals surface area contributed by atoms with Crippen LogP contribution in [-0.2, 0) is 17.6 Å². The molecule has 0 bridgehead atoms. The molecule has 0 spiro atoms. The van der Waals surface area contributed by atoms with E-state index in [1.54, 1.807) is 0 Å². The summed E-state index contributed by atoms with van der Waals surface area (Å²) in [6.07, 6.45) is -3.37. The number of amidine groups is 1. The summed E-state index contributed by atoms with van der Waals surface area (Å²) in [6, 6.07) is 18.4. The lowest BCUT2D eigenvalue weighted by Gasteiger charge is -2.21. The van der Waals surface area contributed by atoms with Gasteiger partial charge in [-0.25, -0.2) is 14.7 Å². The first-order chi connectivity index (χ1) is 21.1. The van der Waals surface area contributed by atoms with E-state index in [1.165, 1.54) is 51.9 Å². The smallest absolute Gasteiger partial charge is 0.492 e. The number of aliphatic hydroxyl groups excluding tert-OH is 1. The number of halogens is 3. The fourth-order valence-electron chi connectivity index (χ4n) is 4.42. The van der Waals surface area contributed by atoms with Crippen LogP contribution in [0.4, 0.5) is 24.5 Å². The van der Waals surface area contributed by atoms with Gasteiger partial charge in [0.05, 0.1) is 23.7 Å². The van der Waals surface area contributed by atoms with Crippen molar-refractivity contribution in [1.29, 1.82) is 0 Å². The molecule has 1 aliphatic rings. The number of aromatic nitrogens is 3. The average Bonchev–Trinajstić information content (AvgIpc) is 3.60. The number of nitrogens with zero attached hydrogens (tertiary/aromatic N) is 5. The van der Waals surface area contributed by atoms with Crippen LogP contribution in [0.15, 0.2) is 78.0 Å². The molecule has 2 N–H and O–H groups in total. The van der Waals surface area contributed by atoms with Gasteiger partial charge in [0.25, 0.3) is 0 Å². The summed E-state index contributed by atoms with van der Waals surface area (Å²) >= 11 is 1.25. The van der Waals surface area contributed by atoms with E-state index in [0.29, 0.717) is 53.3 Å². The fraction of sp³-hybridized carbons (Fsp3) is 0.267. The third kappa shape index (κ3) is 7.88. The summed E-state index contributed by atoms with van der Waals surface area (Å²) in [7, 11) is 0. The van der Waals surface area contributed by atoms with E-state index >= 15 is 0 Å². The third-order valence-electron chi connectivity index (χ3n) is 6.41. The number of hydrogen-bond donors (Lipinski definition) is 2. The molecule has 1 saturated heterocycles. The summed E-state index contributed by atoms with van der Waals surface area (Å²) < 4.78 is 48.2. The van der Waals surface area contributed by atoms with Gasteiger partial charge >= 0.3 is 6.36 Å². The largest absolute Gasteiger partial charge is 0.573 e. The molecule has 2 heterocycles. The molecule has 1 aliphatic heterocycles. The Balaban J connectivity index is 1.17. The number of hydrogen-bond acceptors (Lipinski definition) is 9. The minimum atomic E-state index is -4.75. The molecule has 0 radical (unpaired) electrons. The van der Waals surface area contributed by atoms with E-state index in [9.17, 15) is 23.1 Å². The highest BCUT2D eigenvalue weighted by Gasteiger charge is 2.33. The summed E-state index contributed by atoms with van der Waals surface area (Å²) in [5.74, 6) is 0.881. The number of aliphatic hydroxyl groups is 1. The Bertz CT molecular complexity index is 1630. The van der Waals surface area contributed by atoms with Gasteiger partial charge in [-0.1, -0.05) is 30.0 Å². The zero-order valence-electron chi connectivity index (χ0n) is 23.8. The number of rotatable bonds is 11. The Morgan fingerprint density at radius 1 is 1.09 bits per heavy atom. The molecule has 5 rings (SSSR count). The van der Waals surface area contributed by atoms with Gasteiger partial charge in [-0.15, -0.1) is 13.2 Å². The minimum Gasteiger partial charge on any atom is -0.492 e. The van der Waals surface area contributed by atoms with E-state index < -0.39 is 12.7 Å². The fourth-order valence-corrected chi connectivity index (χ4v) is 5.31. The van der Waals surface area contributed by atoms with Gasteiger partial charge < -0.3 is 19.9 Å². The van der Waals surface area contributed by atoms with Gasteiger partial charge in [0.15, 0.2) is 11.0 Å². The highest BCUT2D eigenvalue weighted by Crippen LogP contribution is 2.35. The maximum Gasteiger partial charge on any atom is 0.573 e. The standard InChI is InChI=1S/C30H29F3N6O4S/c1-3-42-25-14-4-19(2)16-24(25)39-27(40)17-44-29(39)36-28(41)35-21-8-5-20(6-9-21)7-15-26-34-18-38(37-26)22-10-12-23(13-11-22)43-30(31,32)33/h4-6,8-14,16,18,28,35,41H,3,7,15,17H2,1-2H3. The van der Waals surface area contributed by atoms with Crippen molar-refractivity contribution < 1.29 is 32.5 Å². The number of nitrogens with one attached hydrogen (secondary N) is 1. The molecule has 3 aromatic carbocycles. The number of benzene rings is 3. The molecule has 1 fully saturated rings. The van der Waals surface area contributed by atoms with Crippen LogP contribution in [0.5, 0.6) is 11.5 Å². The number of carbonyl (C=O) groups excluding carboxylic acids is 1. The molecule has 44 heavy (non-hydrogen) atoms. The van der Waals surface area contributed by atoms with Crippen molar-refractivity contribution in [1.82, 2.24) is 14.8 Å². The highest BCUT2D eigenvalue weighted by atomic mass is 32.2. The third-order valence-corrected chi connectivity index (χ3v) is 7.35. The van der Waals surface area contributed by atoms with Crippen molar-refractivity contribution in [2.75, 3.05) is 22.6 Å².